The van der Waals surface area contributed by atoms with E-state index in [1.165, 1.54) is 15.2 Å². The predicted octanol–water partition coefficient (Wildman–Crippen LogP) is -0.190. The summed E-state index contributed by atoms with van der Waals surface area (Å²) in [5, 5.41) is 3.97. The first kappa shape index (κ1) is 14.7. The maximum atomic E-state index is 12.5. The summed E-state index contributed by atoms with van der Waals surface area (Å²) in [6.07, 6.45) is 1.01. The Morgan fingerprint density at radius 2 is 2.32 bits per heavy atom. The number of rotatable bonds is 3. The first-order chi connectivity index (χ1) is 8.84. The topological polar surface area (TPSA) is 90.5 Å². The number of hydrogen-bond donors (Lipinski definition) is 1. The Hall–Kier alpha value is -0.670. The Balaban J connectivity index is 2.30. The van der Waals surface area contributed by atoms with Crippen LogP contribution in [0.2, 0.25) is 5.02 Å². The SMILES string of the molecule is CC(N)C1CN(S(=O)(=O)c2c(Cl)cnn2C)CCO1. The van der Waals surface area contributed by atoms with Gasteiger partial charge in [-0.2, -0.15) is 9.40 Å². The molecule has 0 bridgehead atoms. The van der Waals surface area contributed by atoms with Crippen molar-refractivity contribution in [2.45, 2.75) is 24.1 Å². The van der Waals surface area contributed by atoms with Crippen LogP contribution in [0.5, 0.6) is 0 Å². The molecule has 108 valence electrons. The van der Waals surface area contributed by atoms with Crippen LogP contribution in [0.15, 0.2) is 11.2 Å². The molecule has 7 nitrogen and oxygen atoms in total. The second-order valence-corrected chi connectivity index (χ2v) is 6.81. The fourth-order valence-electron chi connectivity index (χ4n) is 2.00. The normalized spacial score (nSPS) is 23.5. The van der Waals surface area contributed by atoms with E-state index in [0.717, 1.165) is 0 Å². The molecule has 0 saturated carbocycles. The number of aryl methyl sites for hydroxylation is 1. The summed E-state index contributed by atoms with van der Waals surface area (Å²) in [5.41, 5.74) is 5.76. The van der Waals surface area contributed by atoms with Crippen LogP contribution in [0.25, 0.3) is 0 Å². The number of nitrogens with two attached hydrogens (primary N) is 1. The zero-order valence-electron chi connectivity index (χ0n) is 10.8. The van der Waals surface area contributed by atoms with E-state index in [9.17, 15) is 8.42 Å². The van der Waals surface area contributed by atoms with Gasteiger partial charge in [-0.05, 0) is 6.92 Å². The van der Waals surface area contributed by atoms with Gasteiger partial charge in [0.2, 0.25) is 0 Å². The molecule has 0 amide bonds. The molecule has 1 aliphatic heterocycles. The molecule has 1 fully saturated rings. The van der Waals surface area contributed by atoms with Crippen LogP contribution in [0.3, 0.4) is 0 Å². The zero-order valence-corrected chi connectivity index (χ0v) is 12.4. The van der Waals surface area contributed by atoms with Crippen molar-refractivity contribution in [3.8, 4) is 0 Å². The highest BCUT2D eigenvalue weighted by molar-refractivity contribution is 7.89. The smallest absolute Gasteiger partial charge is 0.261 e. The van der Waals surface area contributed by atoms with Gasteiger partial charge in [0.25, 0.3) is 10.0 Å². The summed E-state index contributed by atoms with van der Waals surface area (Å²) < 4.78 is 33.1. The Bertz CT molecular complexity index is 538. The van der Waals surface area contributed by atoms with Crippen molar-refractivity contribution in [1.82, 2.24) is 14.1 Å². The van der Waals surface area contributed by atoms with E-state index >= 15 is 0 Å². The lowest BCUT2D eigenvalue weighted by molar-refractivity contribution is -0.0121. The minimum Gasteiger partial charge on any atom is -0.374 e. The largest absolute Gasteiger partial charge is 0.374 e. The zero-order chi connectivity index (χ0) is 14.2. The van der Waals surface area contributed by atoms with Gasteiger partial charge in [-0.3, -0.25) is 4.68 Å². The van der Waals surface area contributed by atoms with Gasteiger partial charge in [0.15, 0.2) is 5.03 Å². The highest BCUT2D eigenvalue weighted by Gasteiger charge is 2.35. The third kappa shape index (κ3) is 2.77. The fourth-order valence-corrected chi connectivity index (χ4v) is 4.04. The average molecular weight is 309 g/mol. The maximum Gasteiger partial charge on any atom is 0.261 e. The Morgan fingerprint density at radius 3 is 2.84 bits per heavy atom. The van der Waals surface area contributed by atoms with Crippen LogP contribution in [-0.4, -0.2) is 54.3 Å². The van der Waals surface area contributed by atoms with Crippen molar-refractivity contribution >= 4 is 21.6 Å². The third-order valence-corrected chi connectivity index (χ3v) is 5.44. The van der Waals surface area contributed by atoms with Gasteiger partial charge in [-0.1, -0.05) is 11.6 Å². The summed E-state index contributed by atoms with van der Waals surface area (Å²) in [4.78, 5) is 0. The van der Waals surface area contributed by atoms with Crippen molar-refractivity contribution in [2.24, 2.45) is 12.8 Å². The molecule has 2 unspecified atom stereocenters. The first-order valence-corrected chi connectivity index (χ1v) is 7.70. The van der Waals surface area contributed by atoms with Gasteiger partial charge in [-0.25, -0.2) is 8.42 Å². The van der Waals surface area contributed by atoms with Gasteiger partial charge < -0.3 is 10.5 Å². The molecule has 1 aromatic heterocycles. The molecule has 0 aromatic carbocycles. The molecule has 0 radical (unpaired) electrons. The molecule has 2 heterocycles. The minimum atomic E-state index is -3.68. The van der Waals surface area contributed by atoms with E-state index in [1.54, 1.807) is 14.0 Å². The summed E-state index contributed by atoms with van der Waals surface area (Å²) >= 11 is 5.90. The second kappa shape index (κ2) is 5.37. The van der Waals surface area contributed by atoms with Gasteiger partial charge in [-0.15, -0.1) is 0 Å². The van der Waals surface area contributed by atoms with E-state index in [2.05, 4.69) is 5.10 Å². The molecule has 2 N–H and O–H groups in total. The maximum absolute atomic E-state index is 12.5. The van der Waals surface area contributed by atoms with Crippen LogP contribution >= 0.6 is 11.6 Å². The molecule has 1 saturated heterocycles. The predicted molar refractivity (Wildman–Crippen MR) is 70.4 cm³/mol. The number of aromatic nitrogens is 2. The van der Waals surface area contributed by atoms with Crippen molar-refractivity contribution in [3.05, 3.63) is 11.2 Å². The Labute approximate surface area is 117 Å². The summed E-state index contributed by atoms with van der Waals surface area (Å²) in [6.45, 7) is 2.62. The molecule has 1 aromatic rings. The third-order valence-electron chi connectivity index (χ3n) is 3.07. The molecular weight excluding hydrogens is 292 g/mol. The number of halogens is 1. The summed E-state index contributed by atoms with van der Waals surface area (Å²) in [7, 11) is -2.14. The molecule has 19 heavy (non-hydrogen) atoms. The monoisotopic (exact) mass is 308 g/mol. The number of hydrogen-bond acceptors (Lipinski definition) is 5. The first-order valence-electron chi connectivity index (χ1n) is 5.89. The highest BCUT2D eigenvalue weighted by Crippen LogP contribution is 2.25. The van der Waals surface area contributed by atoms with Crippen LogP contribution in [0, 0.1) is 0 Å². The van der Waals surface area contributed by atoms with Crippen LogP contribution < -0.4 is 5.73 Å². The molecular formula is C10H17ClN4O3S. The molecule has 2 atom stereocenters. The lowest BCUT2D eigenvalue weighted by Gasteiger charge is -2.33. The molecule has 9 heteroatoms. The summed E-state index contributed by atoms with van der Waals surface area (Å²) in [6, 6.07) is -0.236. The number of nitrogens with zero attached hydrogens (tertiary/aromatic N) is 3. The van der Waals surface area contributed by atoms with Crippen molar-refractivity contribution < 1.29 is 13.2 Å². The van der Waals surface area contributed by atoms with E-state index in [0.29, 0.717) is 6.61 Å². The van der Waals surface area contributed by atoms with E-state index in [4.69, 9.17) is 22.1 Å². The highest BCUT2D eigenvalue weighted by atomic mass is 35.5. The molecule has 1 aliphatic rings. The standard InChI is InChI=1S/C10H17ClN4O3S/c1-7(12)9-6-15(3-4-18-9)19(16,17)10-8(11)5-13-14(10)2/h5,7,9H,3-4,6,12H2,1-2H3. The van der Waals surface area contributed by atoms with E-state index in [1.807, 2.05) is 0 Å². The lowest BCUT2D eigenvalue weighted by atomic mass is 10.2. The van der Waals surface area contributed by atoms with E-state index < -0.39 is 10.0 Å². The quantitative estimate of drug-likeness (QED) is 0.836. The minimum absolute atomic E-state index is 0.000471. The van der Waals surface area contributed by atoms with Gasteiger partial charge in [0.1, 0.15) is 0 Å². The average Bonchev–Trinajstić information content (AvgIpc) is 2.69. The van der Waals surface area contributed by atoms with Crippen molar-refractivity contribution in [2.75, 3.05) is 19.7 Å². The number of ether oxygens (including phenoxy) is 1. The van der Waals surface area contributed by atoms with Gasteiger partial charge >= 0.3 is 0 Å². The lowest BCUT2D eigenvalue weighted by Crippen LogP contribution is -2.51. The van der Waals surface area contributed by atoms with E-state index in [-0.39, 0.29) is 35.3 Å². The van der Waals surface area contributed by atoms with Crippen LogP contribution in [0.1, 0.15) is 6.92 Å². The van der Waals surface area contributed by atoms with Crippen LogP contribution in [-0.2, 0) is 21.8 Å². The van der Waals surface area contributed by atoms with Crippen molar-refractivity contribution in [3.63, 3.8) is 0 Å². The summed E-state index contributed by atoms with van der Waals surface area (Å²) in [5.74, 6) is 0. The number of sulfonamides is 1. The molecule has 2 rings (SSSR count). The Morgan fingerprint density at radius 1 is 1.63 bits per heavy atom. The fraction of sp³-hybridized carbons (Fsp3) is 0.700. The molecule has 0 aliphatic carbocycles. The second-order valence-electron chi connectivity index (χ2n) is 4.55. The number of morpholine rings is 1. The molecule has 0 spiro atoms. The Kier molecular flexibility index (Phi) is 4.17. The van der Waals surface area contributed by atoms with Crippen LogP contribution in [0.4, 0.5) is 0 Å². The van der Waals surface area contributed by atoms with Gasteiger partial charge in [0.05, 0.1) is 23.9 Å². The van der Waals surface area contributed by atoms with Crippen molar-refractivity contribution in [1.29, 1.82) is 0 Å². The van der Waals surface area contributed by atoms with Gasteiger partial charge in [0, 0.05) is 26.2 Å².